The summed E-state index contributed by atoms with van der Waals surface area (Å²) in [4.78, 5) is 20.7. The van der Waals surface area contributed by atoms with Crippen LogP contribution >= 0.6 is 0 Å². The predicted molar refractivity (Wildman–Crippen MR) is 79.3 cm³/mol. The third kappa shape index (κ3) is 3.26. The first-order chi connectivity index (χ1) is 9.65. The lowest BCUT2D eigenvalue weighted by Gasteiger charge is -2.27. The number of anilines is 1. The summed E-state index contributed by atoms with van der Waals surface area (Å²) in [5.41, 5.74) is 2.88. The van der Waals surface area contributed by atoms with Crippen molar-refractivity contribution < 1.29 is 4.79 Å². The van der Waals surface area contributed by atoms with Gasteiger partial charge in [-0.3, -0.25) is 9.69 Å². The number of nitrogens with two attached hydrogens (primary N) is 1. The summed E-state index contributed by atoms with van der Waals surface area (Å²) < 4.78 is 0. The van der Waals surface area contributed by atoms with Crippen molar-refractivity contribution in [2.45, 2.75) is 25.8 Å². The Morgan fingerprint density at radius 3 is 3.10 bits per heavy atom. The van der Waals surface area contributed by atoms with E-state index in [0.717, 1.165) is 26.1 Å². The smallest absolute Gasteiger partial charge is 0.272 e. The van der Waals surface area contributed by atoms with E-state index in [1.54, 1.807) is 23.1 Å². The molecular weight excluding hydrogens is 254 g/mol. The Morgan fingerprint density at radius 1 is 1.60 bits per heavy atom. The van der Waals surface area contributed by atoms with Crippen LogP contribution in [0.4, 0.5) is 5.82 Å². The Kier molecular flexibility index (Phi) is 4.92. The molecule has 1 aromatic rings. The molecule has 6 heteroatoms. The van der Waals surface area contributed by atoms with Crippen molar-refractivity contribution in [3.8, 4) is 0 Å². The summed E-state index contributed by atoms with van der Waals surface area (Å²) in [5.74, 6) is 5.75. The lowest BCUT2D eigenvalue weighted by molar-refractivity contribution is 0.0749. The van der Waals surface area contributed by atoms with Crippen molar-refractivity contribution in [2.24, 2.45) is 5.84 Å². The highest BCUT2D eigenvalue weighted by Gasteiger charge is 2.26. The van der Waals surface area contributed by atoms with Gasteiger partial charge in [0, 0.05) is 19.6 Å². The maximum absolute atomic E-state index is 12.4. The van der Waals surface area contributed by atoms with Crippen LogP contribution in [0.15, 0.2) is 18.2 Å². The van der Waals surface area contributed by atoms with E-state index in [0.29, 0.717) is 17.6 Å². The molecule has 2 heterocycles. The van der Waals surface area contributed by atoms with Crippen LogP contribution in [0, 0.1) is 0 Å². The Balaban J connectivity index is 2.01. The fourth-order valence-electron chi connectivity index (χ4n) is 2.75. The molecule has 2 rings (SSSR count). The molecule has 0 radical (unpaired) electrons. The number of carbonyl (C=O) groups excluding carboxylic acids is 1. The number of likely N-dealkylation sites (tertiary alicyclic amines) is 1. The minimum atomic E-state index is -0.0648. The standard InChI is InChI=1S/C14H23N5O/c1-3-19-9-5-6-11(19)10-18(2)14(20)12-7-4-8-13(16-12)17-15/h4,7-8,11H,3,5-6,9-10,15H2,1-2H3,(H,16,17). The largest absolute Gasteiger partial charge is 0.339 e. The number of rotatable bonds is 5. The van der Waals surface area contributed by atoms with E-state index in [2.05, 4.69) is 22.2 Å². The maximum atomic E-state index is 12.4. The first-order valence-corrected chi connectivity index (χ1v) is 7.09. The molecule has 1 atom stereocenters. The Hall–Kier alpha value is -1.66. The van der Waals surface area contributed by atoms with Gasteiger partial charge in [-0.05, 0) is 38.1 Å². The van der Waals surface area contributed by atoms with E-state index >= 15 is 0 Å². The van der Waals surface area contributed by atoms with E-state index in [4.69, 9.17) is 5.84 Å². The SMILES string of the molecule is CCN1CCCC1CN(C)C(=O)c1cccc(NN)n1. The first-order valence-electron chi connectivity index (χ1n) is 7.09. The summed E-state index contributed by atoms with van der Waals surface area (Å²) >= 11 is 0. The number of pyridine rings is 1. The van der Waals surface area contributed by atoms with E-state index in [-0.39, 0.29) is 5.91 Å². The van der Waals surface area contributed by atoms with Gasteiger partial charge in [0.1, 0.15) is 11.5 Å². The predicted octanol–water partition coefficient (Wildman–Crippen LogP) is 0.924. The van der Waals surface area contributed by atoms with Gasteiger partial charge in [0.25, 0.3) is 5.91 Å². The second-order valence-corrected chi connectivity index (χ2v) is 5.16. The summed E-state index contributed by atoms with van der Waals surface area (Å²) in [7, 11) is 1.83. The van der Waals surface area contributed by atoms with Crippen molar-refractivity contribution >= 4 is 11.7 Å². The highest BCUT2D eigenvalue weighted by atomic mass is 16.2. The molecule has 1 unspecified atom stereocenters. The van der Waals surface area contributed by atoms with Crippen LogP contribution in [0.1, 0.15) is 30.3 Å². The molecule has 3 N–H and O–H groups in total. The fourth-order valence-corrected chi connectivity index (χ4v) is 2.75. The zero-order valence-electron chi connectivity index (χ0n) is 12.2. The van der Waals surface area contributed by atoms with Crippen molar-refractivity contribution in [1.29, 1.82) is 0 Å². The monoisotopic (exact) mass is 277 g/mol. The zero-order chi connectivity index (χ0) is 14.5. The number of nitrogens with one attached hydrogen (secondary N) is 1. The van der Waals surface area contributed by atoms with Gasteiger partial charge in [0.15, 0.2) is 0 Å². The van der Waals surface area contributed by atoms with Gasteiger partial charge in [-0.2, -0.15) is 0 Å². The summed E-state index contributed by atoms with van der Waals surface area (Å²) in [5, 5.41) is 0. The zero-order valence-corrected chi connectivity index (χ0v) is 12.2. The molecule has 0 aromatic carbocycles. The maximum Gasteiger partial charge on any atom is 0.272 e. The van der Waals surface area contributed by atoms with Crippen LogP contribution in [0.5, 0.6) is 0 Å². The van der Waals surface area contributed by atoms with E-state index in [1.165, 1.54) is 6.42 Å². The molecule has 0 saturated carbocycles. The molecule has 1 aliphatic rings. The second kappa shape index (κ2) is 6.67. The van der Waals surface area contributed by atoms with Crippen molar-refractivity contribution in [2.75, 3.05) is 32.1 Å². The molecule has 6 nitrogen and oxygen atoms in total. The molecule has 1 amide bonds. The third-order valence-electron chi connectivity index (χ3n) is 3.85. The van der Waals surface area contributed by atoms with Gasteiger partial charge in [-0.15, -0.1) is 0 Å². The molecule has 0 spiro atoms. The molecule has 1 saturated heterocycles. The number of nitrogens with zero attached hydrogens (tertiary/aromatic N) is 3. The fraction of sp³-hybridized carbons (Fsp3) is 0.571. The number of hydrogen-bond donors (Lipinski definition) is 2. The quantitative estimate of drug-likeness (QED) is 0.618. The van der Waals surface area contributed by atoms with Crippen LogP contribution in [-0.2, 0) is 0 Å². The number of likely N-dealkylation sites (N-methyl/N-ethyl adjacent to an activating group) is 2. The Bertz CT molecular complexity index is 465. The summed E-state index contributed by atoms with van der Waals surface area (Å²) in [6, 6.07) is 5.68. The average molecular weight is 277 g/mol. The van der Waals surface area contributed by atoms with Crippen LogP contribution < -0.4 is 11.3 Å². The Labute approximate surface area is 119 Å². The number of hydrogen-bond acceptors (Lipinski definition) is 5. The van der Waals surface area contributed by atoms with Gasteiger partial charge in [0.2, 0.25) is 0 Å². The number of nitrogen functional groups attached to an aromatic ring is 1. The minimum absolute atomic E-state index is 0.0648. The van der Waals surface area contributed by atoms with E-state index < -0.39 is 0 Å². The minimum Gasteiger partial charge on any atom is -0.339 e. The molecule has 0 bridgehead atoms. The lowest BCUT2D eigenvalue weighted by Crippen LogP contribution is -2.41. The van der Waals surface area contributed by atoms with Crippen LogP contribution in [-0.4, -0.2) is 53.4 Å². The number of aromatic nitrogens is 1. The van der Waals surface area contributed by atoms with Gasteiger partial charge < -0.3 is 10.3 Å². The molecule has 110 valence electrons. The summed E-state index contributed by atoms with van der Waals surface area (Å²) in [6.07, 6.45) is 2.37. The highest BCUT2D eigenvalue weighted by molar-refractivity contribution is 5.92. The second-order valence-electron chi connectivity index (χ2n) is 5.16. The van der Waals surface area contributed by atoms with Crippen LogP contribution in [0.25, 0.3) is 0 Å². The number of carbonyl (C=O) groups is 1. The van der Waals surface area contributed by atoms with Crippen LogP contribution in [0.2, 0.25) is 0 Å². The van der Waals surface area contributed by atoms with Crippen LogP contribution in [0.3, 0.4) is 0 Å². The molecular formula is C14H23N5O. The topological polar surface area (TPSA) is 74.5 Å². The lowest BCUT2D eigenvalue weighted by atomic mass is 10.2. The van der Waals surface area contributed by atoms with Crippen molar-refractivity contribution in [3.63, 3.8) is 0 Å². The van der Waals surface area contributed by atoms with Crippen molar-refractivity contribution in [1.82, 2.24) is 14.8 Å². The molecule has 20 heavy (non-hydrogen) atoms. The molecule has 1 aliphatic heterocycles. The molecule has 1 aromatic heterocycles. The van der Waals surface area contributed by atoms with Gasteiger partial charge >= 0.3 is 0 Å². The number of amides is 1. The Morgan fingerprint density at radius 2 is 2.40 bits per heavy atom. The van der Waals surface area contributed by atoms with Gasteiger partial charge in [-0.1, -0.05) is 13.0 Å². The van der Waals surface area contributed by atoms with E-state index in [9.17, 15) is 4.79 Å². The van der Waals surface area contributed by atoms with Crippen molar-refractivity contribution in [3.05, 3.63) is 23.9 Å². The van der Waals surface area contributed by atoms with E-state index in [1.807, 2.05) is 7.05 Å². The van der Waals surface area contributed by atoms with Gasteiger partial charge in [-0.25, -0.2) is 10.8 Å². The number of hydrazine groups is 1. The highest BCUT2D eigenvalue weighted by Crippen LogP contribution is 2.18. The molecule has 1 fully saturated rings. The average Bonchev–Trinajstić information content (AvgIpc) is 2.93. The first kappa shape index (κ1) is 14.7. The summed E-state index contributed by atoms with van der Waals surface area (Å²) in [6.45, 7) is 5.08. The molecule has 0 aliphatic carbocycles. The van der Waals surface area contributed by atoms with Gasteiger partial charge in [0.05, 0.1) is 0 Å². The third-order valence-corrected chi connectivity index (χ3v) is 3.85. The normalized spacial score (nSPS) is 19.1.